The number of ether oxygens (including phenoxy) is 1. The Hall–Kier alpha value is -0.900. The molecule has 1 saturated heterocycles. The van der Waals surface area contributed by atoms with Gasteiger partial charge in [-0.1, -0.05) is 29.8 Å². The zero-order chi connectivity index (χ0) is 18.1. The predicted molar refractivity (Wildman–Crippen MR) is 115 cm³/mol. The van der Waals surface area contributed by atoms with Crippen molar-refractivity contribution < 1.29 is 14.9 Å². The normalized spacial score (nSPS) is 21.2. The van der Waals surface area contributed by atoms with Gasteiger partial charge in [0.1, 0.15) is 0 Å². The van der Waals surface area contributed by atoms with E-state index in [0.717, 1.165) is 25.1 Å². The fourth-order valence-corrected chi connectivity index (χ4v) is 2.98. The molecule has 7 heteroatoms. The summed E-state index contributed by atoms with van der Waals surface area (Å²) in [4.78, 5) is 4.66. The van der Waals surface area contributed by atoms with Crippen molar-refractivity contribution in [3.63, 3.8) is 0 Å². The predicted octanol–water partition coefficient (Wildman–Crippen LogP) is 1.99. The highest BCUT2D eigenvalue weighted by Crippen LogP contribution is 2.32. The largest absolute Gasteiger partial charge is 0.396 e. The molecular formula is C19H32IN3O3. The number of rotatable bonds is 8. The maximum absolute atomic E-state index is 10.3. The van der Waals surface area contributed by atoms with Crippen molar-refractivity contribution in [3.8, 4) is 0 Å². The Morgan fingerprint density at radius 1 is 1.31 bits per heavy atom. The molecule has 0 radical (unpaired) electrons. The van der Waals surface area contributed by atoms with Crippen LogP contribution in [0.4, 0.5) is 0 Å². The van der Waals surface area contributed by atoms with Crippen molar-refractivity contribution in [2.75, 3.05) is 39.5 Å². The summed E-state index contributed by atoms with van der Waals surface area (Å²) in [6, 6.07) is 7.88. The van der Waals surface area contributed by atoms with E-state index in [1.54, 1.807) is 0 Å². The molecule has 1 heterocycles. The maximum atomic E-state index is 10.3. The van der Waals surface area contributed by atoms with Crippen molar-refractivity contribution in [1.29, 1.82) is 0 Å². The third kappa shape index (κ3) is 7.02. The van der Waals surface area contributed by atoms with Crippen LogP contribution in [0.25, 0.3) is 0 Å². The van der Waals surface area contributed by atoms with E-state index < -0.39 is 6.10 Å². The number of nitrogens with zero attached hydrogens (tertiary/aromatic N) is 1. The summed E-state index contributed by atoms with van der Waals surface area (Å²) in [6.07, 6.45) is 1.02. The summed E-state index contributed by atoms with van der Waals surface area (Å²) in [5.74, 6) is 0.679. The average Bonchev–Trinajstić information content (AvgIpc) is 3.07. The van der Waals surface area contributed by atoms with Gasteiger partial charge in [-0.25, -0.2) is 0 Å². The lowest BCUT2D eigenvalue weighted by atomic mass is 9.84. The molecule has 26 heavy (non-hydrogen) atoms. The molecule has 0 amide bonds. The topological polar surface area (TPSA) is 86.1 Å². The zero-order valence-electron chi connectivity index (χ0n) is 15.7. The highest BCUT2D eigenvalue weighted by Gasteiger charge is 2.34. The number of hydrogen-bond donors (Lipinski definition) is 4. The van der Waals surface area contributed by atoms with Crippen LogP contribution < -0.4 is 10.6 Å². The molecule has 1 aromatic carbocycles. The Balaban J connectivity index is 0.00000338. The number of halogens is 1. The molecule has 6 nitrogen and oxygen atoms in total. The average molecular weight is 477 g/mol. The fourth-order valence-electron chi connectivity index (χ4n) is 2.98. The van der Waals surface area contributed by atoms with Crippen LogP contribution >= 0.6 is 24.0 Å². The van der Waals surface area contributed by atoms with E-state index in [2.05, 4.69) is 15.6 Å². The highest BCUT2D eigenvalue weighted by molar-refractivity contribution is 14.0. The lowest BCUT2D eigenvalue weighted by molar-refractivity contribution is 0.131. The van der Waals surface area contributed by atoms with Gasteiger partial charge >= 0.3 is 0 Å². The van der Waals surface area contributed by atoms with Crippen LogP contribution in [0.2, 0.25) is 0 Å². The number of hydrogen-bond acceptors (Lipinski definition) is 4. The molecule has 1 aromatic rings. The number of aryl methyl sites for hydroxylation is 1. The Labute approximate surface area is 173 Å². The van der Waals surface area contributed by atoms with Gasteiger partial charge in [0.05, 0.1) is 19.3 Å². The number of nitrogens with one attached hydrogen (secondary N) is 2. The Morgan fingerprint density at radius 2 is 2.04 bits per heavy atom. The van der Waals surface area contributed by atoms with Crippen LogP contribution in [-0.4, -0.2) is 55.6 Å². The first-order valence-electron chi connectivity index (χ1n) is 9.04. The molecule has 2 atom stereocenters. The summed E-state index contributed by atoms with van der Waals surface area (Å²) in [5.41, 5.74) is 1.98. The molecular weight excluding hydrogens is 445 g/mol. The summed E-state index contributed by atoms with van der Waals surface area (Å²) in [5, 5.41) is 26.1. The van der Waals surface area contributed by atoms with Crippen LogP contribution in [0, 0.1) is 12.3 Å². The quantitative estimate of drug-likeness (QED) is 0.262. The van der Waals surface area contributed by atoms with Gasteiger partial charge in [-0.15, -0.1) is 24.0 Å². The molecule has 1 fully saturated rings. The molecule has 0 aromatic heterocycles. The van der Waals surface area contributed by atoms with Gasteiger partial charge in [-0.2, -0.15) is 0 Å². The molecule has 1 aliphatic heterocycles. The molecule has 0 aliphatic carbocycles. The molecule has 0 bridgehead atoms. The summed E-state index contributed by atoms with van der Waals surface area (Å²) in [6.45, 7) is 7.29. The van der Waals surface area contributed by atoms with E-state index in [4.69, 9.17) is 4.74 Å². The van der Waals surface area contributed by atoms with Crippen molar-refractivity contribution in [1.82, 2.24) is 10.6 Å². The monoisotopic (exact) mass is 477 g/mol. The number of aliphatic hydroxyl groups is 2. The van der Waals surface area contributed by atoms with E-state index in [-0.39, 0.29) is 36.0 Å². The second-order valence-electron chi connectivity index (χ2n) is 6.78. The third-order valence-corrected chi connectivity index (χ3v) is 4.67. The van der Waals surface area contributed by atoms with Gasteiger partial charge in [0.25, 0.3) is 0 Å². The summed E-state index contributed by atoms with van der Waals surface area (Å²) >= 11 is 0. The molecule has 1 aliphatic rings. The van der Waals surface area contributed by atoms with Crippen molar-refractivity contribution in [3.05, 3.63) is 35.4 Å². The molecule has 0 spiro atoms. The summed E-state index contributed by atoms with van der Waals surface area (Å²) < 4.78 is 5.51. The van der Waals surface area contributed by atoms with Crippen LogP contribution in [0.3, 0.4) is 0 Å². The fraction of sp³-hybridized carbons (Fsp3) is 0.632. The van der Waals surface area contributed by atoms with E-state index in [1.807, 2.05) is 38.1 Å². The van der Waals surface area contributed by atoms with Crippen molar-refractivity contribution in [2.24, 2.45) is 10.4 Å². The van der Waals surface area contributed by atoms with Crippen molar-refractivity contribution >= 4 is 29.9 Å². The van der Waals surface area contributed by atoms with Gasteiger partial charge in [0.2, 0.25) is 0 Å². The minimum atomic E-state index is -0.592. The molecule has 4 N–H and O–H groups in total. The van der Waals surface area contributed by atoms with Crippen LogP contribution in [0.5, 0.6) is 0 Å². The molecule has 148 valence electrons. The zero-order valence-corrected chi connectivity index (χ0v) is 18.0. The van der Waals surface area contributed by atoms with Gasteiger partial charge in [0.15, 0.2) is 5.96 Å². The SMILES string of the molecule is CCNC(=NCC1(CCO)CCOC1)NCC(O)c1ccc(C)cc1.I. The first-order chi connectivity index (χ1) is 12.1. The standard InChI is InChI=1S/C19H31N3O3.HI/c1-3-20-18(22-13-19(8-10-23)9-11-25-14-19)21-12-17(24)16-6-4-15(2)5-7-16;/h4-7,17,23-24H,3,8-14H2,1-2H3,(H2,20,21,22);1H. The van der Waals surface area contributed by atoms with E-state index >= 15 is 0 Å². The highest BCUT2D eigenvalue weighted by atomic mass is 127. The van der Waals surface area contributed by atoms with Gasteiger partial charge in [-0.05, 0) is 32.3 Å². The van der Waals surface area contributed by atoms with E-state index in [1.165, 1.54) is 5.56 Å². The maximum Gasteiger partial charge on any atom is 0.191 e. The van der Waals surface area contributed by atoms with Crippen molar-refractivity contribution in [2.45, 2.75) is 32.8 Å². The smallest absolute Gasteiger partial charge is 0.191 e. The first kappa shape index (κ1) is 23.1. The Kier molecular flexibility index (Phi) is 10.4. The van der Waals surface area contributed by atoms with Crippen LogP contribution in [-0.2, 0) is 4.74 Å². The molecule has 2 rings (SSSR count). The minimum Gasteiger partial charge on any atom is -0.396 e. The molecule has 2 unspecified atom stereocenters. The Morgan fingerprint density at radius 3 is 2.62 bits per heavy atom. The number of guanidine groups is 1. The van der Waals surface area contributed by atoms with E-state index in [0.29, 0.717) is 32.1 Å². The van der Waals surface area contributed by atoms with Gasteiger partial charge in [-0.3, -0.25) is 4.99 Å². The van der Waals surface area contributed by atoms with Gasteiger partial charge in [0, 0.05) is 31.7 Å². The lowest BCUT2D eigenvalue weighted by Gasteiger charge is -2.25. The number of aliphatic imine (C=N–C) groups is 1. The lowest BCUT2D eigenvalue weighted by Crippen LogP contribution is -2.40. The third-order valence-electron chi connectivity index (χ3n) is 4.67. The van der Waals surface area contributed by atoms with Crippen LogP contribution in [0.1, 0.15) is 37.0 Å². The van der Waals surface area contributed by atoms with Crippen LogP contribution in [0.15, 0.2) is 29.3 Å². The second-order valence-corrected chi connectivity index (χ2v) is 6.78. The Bertz CT molecular complexity index is 545. The number of aliphatic hydroxyl groups excluding tert-OH is 2. The van der Waals surface area contributed by atoms with E-state index in [9.17, 15) is 10.2 Å². The summed E-state index contributed by atoms with van der Waals surface area (Å²) in [7, 11) is 0. The minimum absolute atomic E-state index is 0. The first-order valence-corrected chi connectivity index (χ1v) is 9.04. The number of benzene rings is 1. The molecule has 0 saturated carbocycles. The second kappa shape index (κ2) is 11.7. The van der Waals surface area contributed by atoms with Gasteiger partial charge < -0.3 is 25.6 Å².